The van der Waals surface area contributed by atoms with E-state index in [4.69, 9.17) is 4.74 Å². The number of hydroxylamine groups is 2. The molecule has 0 saturated heterocycles. The third kappa shape index (κ3) is 8.72. The fourth-order valence-corrected chi connectivity index (χ4v) is 4.06. The molecule has 0 bridgehead atoms. The summed E-state index contributed by atoms with van der Waals surface area (Å²) in [5.74, 6) is -0.897. The fourth-order valence-electron chi connectivity index (χ4n) is 4.06. The molecule has 7 heteroatoms. The molecule has 3 atom stereocenters. The summed E-state index contributed by atoms with van der Waals surface area (Å²) in [6, 6.07) is -1.34. The molecule has 0 radical (unpaired) electrons. The van der Waals surface area contributed by atoms with Gasteiger partial charge < -0.3 is 10.1 Å². The molecule has 0 aromatic rings. The predicted octanol–water partition coefficient (Wildman–Crippen LogP) is 3.68. The van der Waals surface area contributed by atoms with Gasteiger partial charge in [-0.05, 0) is 56.8 Å². The normalized spacial score (nSPS) is 17.8. The zero-order chi connectivity index (χ0) is 22.0. The molecular formula is C22H40N2O5. The second kappa shape index (κ2) is 12.8. The third-order valence-corrected chi connectivity index (χ3v) is 5.45. The van der Waals surface area contributed by atoms with E-state index in [0.29, 0.717) is 30.7 Å². The number of esters is 1. The number of hydrogen-bond acceptors (Lipinski definition) is 5. The van der Waals surface area contributed by atoms with Crippen LogP contribution in [-0.2, 0) is 19.1 Å². The van der Waals surface area contributed by atoms with Gasteiger partial charge in [-0.2, -0.15) is 0 Å². The van der Waals surface area contributed by atoms with Crippen LogP contribution >= 0.6 is 0 Å². The maximum Gasteiger partial charge on any atom is 0.328 e. The maximum absolute atomic E-state index is 13.2. The SMILES string of the molecule is CCC[C@@H]([C@@H](CC(C)C)C(=O)N[C@@H](CC(C)C)C(=O)OC1CCCC1)N(O)C=O. The first-order valence-corrected chi connectivity index (χ1v) is 11.1. The highest BCUT2D eigenvalue weighted by Gasteiger charge is 2.35. The van der Waals surface area contributed by atoms with Gasteiger partial charge in [-0.15, -0.1) is 0 Å². The lowest BCUT2D eigenvalue weighted by atomic mass is 9.86. The Morgan fingerprint density at radius 1 is 1.14 bits per heavy atom. The van der Waals surface area contributed by atoms with Crippen molar-refractivity contribution in [1.82, 2.24) is 10.4 Å². The van der Waals surface area contributed by atoms with E-state index in [9.17, 15) is 19.6 Å². The van der Waals surface area contributed by atoms with Crippen LogP contribution in [0.1, 0.15) is 86.0 Å². The predicted molar refractivity (Wildman–Crippen MR) is 111 cm³/mol. The van der Waals surface area contributed by atoms with Crippen LogP contribution in [0.15, 0.2) is 0 Å². The summed E-state index contributed by atoms with van der Waals surface area (Å²) in [5.41, 5.74) is 0. The quantitative estimate of drug-likeness (QED) is 0.208. The number of amides is 2. The minimum Gasteiger partial charge on any atom is -0.461 e. The van der Waals surface area contributed by atoms with Gasteiger partial charge in [0.1, 0.15) is 12.1 Å². The van der Waals surface area contributed by atoms with E-state index < -0.39 is 18.0 Å². The van der Waals surface area contributed by atoms with Crippen LogP contribution < -0.4 is 5.32 Å². The maximum atomic E-state index is 13.2. The summed E-state index contributed by atoms with van der Waals surface area (Å²) in [4.78, 5) is 37.1. The lowest BCUT2D eigenvalue weighted by molar-refractivity contribution is -0.170. The molecule has 1 fully saturated rings. The van der Waals surface area contributed by atoms with Gasteiger partial charge in [-0.3, -0.25) is 14.8 Å². The first-order valence-electron chi connectivity index (χ1n) is 11.1. The van der Waals surface area contributed by atoms with Crippen LogP contribution in [0, 0.1) is 17.8 Å². The molecule has 0 aromatic carbocycles. The summed E-state index contributed by atoms with van der Waals surface area (Å²) >= 11 is 0. The average molecular weight is 413 g/mol. The van der Waals surface area contributed by atoms with E-state index in [1.807, 2.05) is 34.6 Å². The molecule has 7 nitrogen and oxygen atoms in total. The molecule has 1 rings (SSSR count). The van der Waals surface area contributed by atoms with Crippen molar-refractivity contribution in [2.75, 3.05) is 0 Å². The van der Waals surface area contributed by atoms with Crippen molar-refractivity contribution in [3.05, 3.63) is 0 Å². The summed E-state index contributed by atoms with van der Waals surface area (Å²) in [5, 5.41) is 13.5. The minimum absolute atomic E-state index is 0.0589. The topological polar surface area (TPSA) is 95.9 Å². The van der Waals surface area contributed by atoms with Crippen LogP contribution in [0.25, 0.3) is 0 Å². The van der Waals surface area contributed by atoms with Gasteiger partial charge in [-0.25, -0.2) is 9.86 Å². The highest BCUT2D eigenvalue weighted by atomic mass is 16.5. The Bertz CT molecular complexity index is 517. The van der Waals surface area contributed by atoms with Gasteiger partial charge in [0.15, 0.2) is 0 Å². The van der Waals surface area contributed by atoms with Gasteiger partial charge in [-0.1, -0.05) is 41.0 Å². The smallest absolute Gasteiger partial charge is 0.328 e. The zero-order valence-electron chi connectivity index (χ0n) is 18.7. The molecule has 0 aliphatic heterocycles. The van der Waals surface area contributed by atoms with Gasteiger partial charge in [0.2, 0.25) is 12.3 Å². The molecule has 1 saturated carbocycles. The molecule has 1 aliphatic rings. The van der Waals surface area contributed by atoms with E-state index in [1.54, 1.807) is 0 Å². The largest absolute Gasteiger partial charge is 0.461 e. The van der Waals surface area contributed by atoms with E-state index in [2.05, 4.69) is 5.32 Å². The van der Waals surface area contributed by atoms with Crippen LogP contribution in [-0.4, -0.2) is 46.7 Å². The highest BCUT2D eigenvalue weighted by Crippen LogP contribution is 2.25. The van der Waals surface area contributed by atoms with Crippen molar-refractivity contribution in [1.29, 1.82) is 0 Å². The molecular weight excluding hydrogens is 372 g/mol. The number of nitrogens with zero attached hydrogens (tertiary/aromatic N) is 1. The summed E-state index contributed by atoms with van der Waals surface area (Å²) < 4.78 is 5.64. The zero-order valence-corrected chi connectivity index (χ0v) is 18.7. The van der Waals surface area contributed by atoms with Crippen LogP contribution in [0.5, 0.6) is 0 Å². The summed E-state index contributed by atoms with van der Waals surface area (Å²) in [6.07, 6.45) is 6.38. The Morgan fingerprint density at radius 3 is 2.21 bits per heavy atom. The average Bonchev–Trinajstić information content (AvgIpc) is 3.15. The standard InChI is InChI=1S/C22H40N2O5/c1-6-9-20(24(28)14-25)18(12-15(2)3)21(26)23-19(13-16(4)5)22(27)29-17-10-7-8-11-17/h14-20,28H,6-13H2,1-5H3,(H,23,26)/t18-,19+,20+/m1/s1. The lowest BCUT2D eigenvalue weighted by Gasteiger charge is -2.32. The Kier molecular flexibility index (Phi) is 11.2. The molecule has 0 heterocycles. The van der Waals surface area contributed by atoms with E-state index in [0.717, 1.165) is 32.1 Å². The Morgan fingerprint density at radius 2 is 1.72 bits per heavy atom. The van der Waals surface area contributed by atoms with Gasteiger partial charge in [0.25, 0.3) is 0 Å². The van der Waals surface area contributed by atoms with Crippen molar-refractivity contribution in [3.63, 3.8) is 0 Å². The Labute approximate surface area is 175 Å². The van der Waals surface area contributed by atoms with Crippen LogP contribution in [0.4, 0.5) is 0 Å². The monoisotopic (exact) mass is 412 g/mol. The van der Waals surface area contributed by atoms with Crippen molar-refractivity contribution in [2.24, 2.45) is 17.8 Å². The molecule has 29 heavy (non-hydrogen) atoms. The van der Waals surface area contributed by atoms with Gasteiger partial charge in [0.05, 0.1) is 12.0 Å². The number of ether oxygens (including phenoxy) is 1. The number of rotatable bonds is 13. The van der Waals surface area contributed by atoms with E-state index >= 15 is 0 Å². The molecule has 0 unspecified atom stereocenters. The van der Waals surface area contributed by atoms with E-state index in [1.165, 1.54) is 0 Å². The number of carbonyl (C=O) groups is 3. The molecule has 168 valence electrons. The van der Waals surface area contributed by atoms with Crippen molar-refractivity contribution >= 4 is 18.3 Å². The van der Waals surface area contributed by atoms with Crippen LogP contribution in [0.2, 0.25) is 0 Å². The first-order chi connectivity index (χ1) is 13.7. The molecule has 0 aromatic heterocycles. The van der Waals surface area contributed by atoms with E-state index in [-0.39, 0.29) is 29.8 Å². The molecule has 2 amide bonds. The molecule has 1 aliphatic carbocycles. The minimum atomic E-state index is -0.719. The van der Waals surface area contributed by atoms with Gasteiger partial charge >= 0.3 is 5.97 Å². The van der Waals surface area contributed by atoms with Crippen molar-refractivity contribution in [2.45, 2.75) is 104 Å². The summed E-state index contributed by atoms with van der Waals surface area (Å²) in [6.45, 7) is 9.92. The molecule has 0 spiro atoms. The number of hydrogen-bond donors (Lipinski definition) is 2. The first kappa shape index (κ1) is 25.4. The second-order valence-electron chi connectivity index (χ2n) is 9.11. The Balaban J connectivity index is 2.96. The van der Waals surface area contributed by atoms with Gasteiger partial charge in [0, 0.05) is 0 Å². The van der Waals surface area contributed by atoms with Crippen LogP contribution in [0.3, 0.4) is 0 Å². The molecule has 2 N–H and O–H groups in total. The summed E-state index contributed by atoms with van der Waals surface area (Å²) in [7, 11) is 0. The third-order valence-electron chi connectivity index (χ3n) is 5.45. The second-order valence-corrected chi connectivity index (χ2v) is 9.11. The number of carbonyl (C=O) groups excluding carboxylic acids is 3. The number of nitrogens with one attached hydrogen (secondary N) is 1. The fraction of sp³-hybridized carbons (Fsp3) is 0.864. The van der Waals surface area contributed by atoms with Crippen molar-refractivity contribution < 1.29 is 24.3 Å². The Hall–Kier alpha value is -1.63. The highest BCUT2D eigenvalue weighted by molar-refractivity contribution is 5.86. The van der Waals surface area contributed by atoms with Crippen molar-refractivity contribution in [3.8, 4) is 0 Å². The lowest BCUT2D eigenvalue weighted by Crippen LogP contribution is -2.51.